The van der Waals surface area contributed by atoms with E-state index in [2.05, 4.69) is 13.8 Å². The summed E-state index contributed by atoms with van der Waals surface area (Å²) in [5.74, 6) is 1.93. The normalized spacial score (nSPS) is 20.4. The van der Waals surface area contributed by atoms with Gasteiger partial charge in [-0.1, -0.05) is 20.3 Å². The van der Waals surface area contributed by atoms with Crippen molar-refractivity contribution in [2.45, 2.75) is 32.8 Å². The highest BCUT2D eigenvalue weighted by Crippen LogP contribution is 2.33. The van der Waals surface area contributed by atoms with E-state index in [-0.39, 0.29) is 11.9 Å². The molecule has 0 saturated carbocycles. The fraction of sp³-hybridized carbons (Fsp3) is 0.500. The topological polar surface area (TPSA) is 35.5 Å². The van der Waals surface area contributed by atoms with E-state index in [9.17, 15) is 4.79 Å². The van der Waals surface area contributed by atoms with E-state index in [1.807, 2.05) is 0 Å². The summed E-state index contributed by atoms with van der Waals surface area (Å²) >= 11 is 0. The van der Waals surface area contributed by atoms with Gasteiger partial charge in [-0.3, -0.25) is 4.79 Å². The van der Waals surface area contributed by atoms with E-state index in [1.165, 1.54) is 0 Å². The van der Waals surface area contributed by atoms with Crippen molar-refractivity contribution in [1.82, 2.24) is 0 Å². The van der Waals surface area contributed by atoms with E-state index in [0.29, 0.717) is 23.7 Å². The predicted molar refractivity (Wildman–Crippen MR) is 65.8 cm³/mol. The highest BCUT2D eigenvalue weighted by molar-refractivity contribution is 6.00. The summed E-state index contributed by atoms with van der Waals surface area (Å²) in [6, 6.07) is 5.37. The molecule has 3 heteroatoms. The Balaban J connectivity index is 2.30. The SMILES string of the molecule is CCC(C)C1CC(=O)c2ccc(OC)cc2O1. The third-order valence-electron chi connectivity index (χ3n) is 3.43. The van der Waals surface area contributed by atoms with Gasteiger partial charge in [0.05, 0.1) is 12.7 Å². The van der Waals surface area contributed by atoms with E-state index >= 15 is 0 Å². The quantitative estimate of drug-likeness (QED) is 0.806. The molecule has 0 N–H and O–H groups in total. The van der Waals surface area contributed by atoms with Crippen LogP contribution in [0.3, 0.4) is 0 Å². The van der Waals surface area contributed by atoms with Crippen molar-refractivity contribution >= 4 is 5.78 Å². The lowest BCUT2D eigenvalue weighted by Crippen LogP contribution is -2.32. The Morgan fingerprint density at radius 3 is 2.94 bits per heavy atom. The van der Waals surface area contributed by atoms with Crippen molar-refractivity contribution in [2.75, 3.05) is 7.11 Å². The van der Waals surface area contributed by atoms with Crippen LogP contribution in [0.1, 0.15) is 37.0 Å². The molecule has 1 aromatic rings. The van der Waals surface area contributed by atoms with E-state index in [0.717, 1.165) is 12.2 Å². The second-order valence-corrected chi connectivity index (χ2v) is 4.53. The maximum atomic E-state index is 12.0. The Morgan fingerprint density at radius 1 is 1.53 bits per heavy atom. The number of ketones is 1. The second-order valence-electron chi connectivity index (χ2n) is 4.53. The predicted octanol–water partition coefficient (Wildman–Crippen LogP) is 3.08. The van der Waals surface area contributed by atoms with Gasteiger partial charge < -0.3 is 9.47 Å². The molecule has 1 aliphatic rings. The minimum absolute atomic E-state index is 0.00731. The Bertz CT molecular complexity index is 425. The van der Waals surface area contributed by atoms with Crippen molar-refractivity contribution in [3.8, 4) is 11.5 Å². The molecule has 2 rings (SSSR count). The highest BCUT2D eigenvalue weighted by Gasteiger charge is 2.29. The van der Waals surface area contributed by atoms with Gasteiger partial charge in [-0.25, -0.2) is 0 Å². The largest absolute Gasteiger partial charge is 0.497 e. The molecule has 0 amide bonds. The van der Waals surface area contributed by atoms with Crippen LogP contribution < -0.4 is 9.47 Å². The molecule has 92 valence electrons. The summed E-state index contributed by atoms with van der Waals surface area (Å²) in [7, 11) is 1.61. The van der Waals surface area contributed by atoms with Crippen LogP contribution in [0.2, 0.25) is 0 Å². The van der Waals surface area contributed by atoms with Crippen LogP contribution in [0.4, 0.5) is 0 Å². The van der Waals surface area contributed by atoms with Crippen LogP contribution in [0.5, 0.6) is 11.5 Å². The van der Waals surface area contributed by atoms with Crippen molar-refractivity contribution in [2.24, 2.45) is 5.92 Å². The van der Waals surface area contributed by atoms with Crippen LogP contribution in [0.15, 0.2) is 18.2 Å². The Morgan fingerprint density at radius 2 is 2.29 bits per heavy atom. The molecule has 1 aliphatic heterocycles. The van der Waals surface area contributed by atoms with E-state index in [4.69, 9.17) is 9.47 Å². The van der Waals surface area contributed by atoms with Crippen LogP contribution >= 0.6 is 0 Å². The minimum Gasteiger partial charge on any atom is -0.497 e. The molecule has 3 nitrogen and oxygen atoms in total. The molecule has 0 radical (unpaired) electrons. The van der Waals surface area contributed by atoms with Crippen molar-refractivity contribution < 1.29 is 14.3 Å². The van der Waals surface area contributed by atoms with Gasteiger partial charge in [-0.05, 0) is 18.1 Å². The molecule has 17 heavy (non-hydrogen) atoms. The molecule has 0 bridgehead atoms. The highest BCUT2D eigenvalue weighted by atomic mass is 16.5. The number of fused-ring (bicyclic) bond motifs is 1. The number of rotatable bonds is 3. The molecule has 2 atom stereocenters. The van der Waals surface area contributed by atoms with Gasteiger partial charge in [0.1, 0.15) is 17.6 Å². The molecule has 0 saturated heterocycles. The van der Waals surface area contributed by atoms with E-state index < -0.39 is 0 Å². The van der Waals surface area contributed by atoms with Gasteiger partial charge in [0, 0.05) is 12.5 Å². The lowest BCUT2D eigenvalue weighted by Gasteiger charge is -2.29. The summed E-state index contributed by atoms with van der Waals surface area (Å²) in [4.78, 5) is 12.0. The molecule has 0 aliphatic carbocycles. The number of carbonyl (C=O) groups excluding carboxylic acids is 1. The van der Waals surface area contributed by atoms with Crippen LogP contribution in [0.25, 0.3) is 0 Å². The van der Waals surface area contributed by atoms with Crippen molar-refractivity contribution in [3.05, 3.63) is 23.8 Å². The van der Waals surface area contributed by atoms with Crippen LogP contribution in [0, 0.1) is 5.92 Å². The first-order valence-electron chi connectivity index (χ1n) is 6.03. The summed E-state index contributed by atoms with van der Waals surface area (Å²) in [5, 5.41) is 0. The standard InChI is InChI=1S/C14H18O3/c1-4-9(2)13-8-12(15)11-6-5-10(16-3)7-14(11)17-13/h5-7,9,13H,4,8H2,1-3H3. The van der Waals surface area contributed by atoms with Gasteiger partial charge in [-0.15, -0.1) is 0 Å². The average molecular weight is 234 g/mol. The lowest BCUT2D eigenvalue weighted by atomic mass is 9.92. The maximum absolute atomic E-state index is 12.0. The molecule has 1 aromatic carbocycles. The smallest absolute Gasteiger partial charge is 0.170 e. The van der Waals surface area contributed by atoms with Crippen LogP contribution in [-0.2, 0) is 0 Å². The van der Waals surface area contributed by atoms with Crippen LogP contribution in [-0.4, -0.2) is 19.0 Å². The molecular formula is C14H18O3. The van der Waals surface area contributed by atoms with Gasteiger partial charge in [0.15, 0.2) is 5.78 Å². The van der Waals surface area contributed by atoms with Crippen molar-refractivity contribution in [3.63, 3.8) is 0 Å². The summed E-state index contributed by atoms with van der Waals surface area (Å²) in [6.45, 7) is 4.22. The zero-order valence-corrected chi connectivity index (χ0v) is 10.5. The number of methoxy groups -OCH3 is 1. The number of ether oxygens (including phenoxy) is 2. The maximum Gasteiger partial charge on any atom is 0.170 e. The summed E-state index contributed by atoms with van der Waals surface area (Å²) < 4.78 is 11.0. The fourth-order valence-electron chi connectivity index (χ4n) is 2.04. The zero-order valence-electron chi connectivity index (χ0n) is 10.5. The third-order valence-corrected chi connectivity index (χ3v) is 3.43. The van der Waals surface area contributed by atoms with Gasteiger partial charge in [0.25, 0.3) is 0 Å². The monoisotopic (exact) mass is 234 g/mol. The van der Waals surface area contributed by atoms with Gasteiger partial charge in [0.2, 0.25) is 0 Å². The molecule has 0 fully saturated rings. The van der Waals surface area contributed by atoms with E-state index in [1.54, 1.807) is 25.3 Å². The Labute approximate surface area is 102 Å². The molecule has 1 heterocycles. The minimum atomic E-state index is -0.00731. The van der Waals surface area contributed by atoms with Gasteiger partial charge >= 0.3 is 0 Å². The summed E-state index contributed by atoms with van der Waals surface area (Å²) in [6.07, 6.45) is 1.48. The summed E-state index contributed by atoms with van der Waals surface area (Å²) in [5.41, 5.74) is 0.672. The zero-order chi connectivity index (χ0) is 12.4. The first-order valence-corrected chi connectivity index (χ1v) is 6.03. The fourth-order valence-corrected chi connectivity index (χ4v) is 2.04. The van der Waals surface area contributed by atoms with Crippen molar-refractivity contribution in [1.29, 1.82) is 0 Å². The average Bonchev–Trinajstić information content (AvgIpc) is 2.36. The number of Topliss-reactive ketones (excluding diaryl/α,β-unsaturated/α-hetero) is 1. The first-order chi connectivity index (χ1) is 8.15. The molecule has 0 spiro atoms. The number of carbonyl (C=O) groups is 1. The lowest BCUT2D eigenvalue weighted by molar-refractivity contribution is 0.0747. The number of hydrogen-bond acceptors (Lipinski definition) is 3. The number of benzene rings is 1. The molecular weight excluding hydrogens is 216 g/mol. The van der Waals surface area contributed by atoms with Gasteiger partial charge in [-0.2, -0.15) is 0 Å². The molecule has 0 aromatic heterocycles. The molecule has 2 unspecified atom stereocenters. The Hall–Kier alpha value is -1.51. The second kappa shape index (κ2) is 4.78. The first kappa shape index (κ1) is 12.0. The Kier molecular flexibility index (Phi) is 3.36. The number of hydrogen-bond donors (Lipinski definition) is 0. The third kappa shape index (κ3) is 2.28.